The zero-order valence-corrected chi connectivity index (χ0v) is 11.4. The minimum atomic E-state index is -0.368. The molecule has 1 heterocycles. The number of anilines is 2. The zero-order chi connectivity index (χ0) is 13.2. The molecule has 17 heavy (non-hydrogen) atoms. The van der Waals surface area contributed by atoms with Crippen LogP contribution < -0.4 is 11.1 Å². The number of nitrogens with zero attached hydrogens (tertiary/aromatic N) is 2. The van der Waals surface area contributed by atoms with Gasteiger partial charge in [-0.05, 0) is 34.1 Å². The fraction of sp³-hybridized carbons (Fsp3) is 0.750. The molecule has 1 rings (SSSR count). The van der Waals surface area contributed by atoms with Gasteiger partial charge in [0.1, 0.15) is 5.82 Å². The smallest absolute Gasteiger partial charge is 0.148 e. The van der Waals surface area contributed by atoms with Crippen molar-refractivity contribution in [2.45, 2.75) is 52.6 Å². The molecule has 0 aromatic carbocycles. The van der Waals surface area contributed by atoms with E-state index in [9.17, 15) is 5.11 Å². The molecule has 0 radical (unpaired) electrons. The quantitative estimate of drug-likeness (QED) is 0.735. The number of hydrogen-bond donors (Lipinski definition) is 3. The highest BCUT2D eigenvalue weighted by Crippen LogP contribution is 2.29. The minimum absolute atomic E-state index is 0.0608. The fourth-order valence-corrected chi connectivity index (χ4v) is 1.58. The largest absolute Gasteiger partial charge is 0.394 e. The van der Waals surface area contributed by atoms with Crippen molar-refractivity contribution in [3.63, 3.8) is 0 Å². The van der Waals surface area contributed by atoms with Crippen LogP contribution in [0.4, 0.5) is 11.5 Å². The first kappa shape index (κ1) is 13.8. The molecule has 5 heteroatoms. The molecule has 1 atom stereocenters. The number of rotatable bonds is 5. The van der Waals surface area contributed by atoms with Crippen LogP contribution in [-0.4, -0.2) is 27.0 Å². The summed E-state index contributed by atoms with van der Waals surface area (Å²) in [6, 6.07) is 0.230. The van der Waals surface area contributed by atoms with Crippen molar-refractivity contribution < 1.29 is 5.11 Å². The van der Waals surface area contributed by atoms with Gasteiger partial charge in [0, 0.05) is 6.04 Å². The molecular weight excluding hydrogens is 216 g/mol. The summed E-state index contributed by atoms with van der Waals surface area (Å²) < 4.78 is 1.87. The highest BCUT2D eigenvalue weighted by molar-refractivity contribution is 5.65. The van der Waals surface area contributed by atoms with E-state index in [-0.39, 0.29) is 18.2 Å². The Balaban J connectivity index is 3.12. The van der Waals surface area contributed by atoms with Crippen molar-refractivity contribution in [1.29, 1.82) is 0 Å². The molecule has 0 fully saturated rings. The highest BCUT2D eigenvalue weighted by atomic mass is 16.3. The van der Waals surface area contributed by atoms with Gasteiger partial charge < -0.3 is 16.2 Å². The molecule has 4 N–H and O–H groups in total. The normalized spacial score (nSPS) is 15.0. The molecule has 5 nitrogen and oxygen atoms in total. The lowest BCUT2D eigenvalue weighted by Crippen LogP contribution is -2.39. The van der Waals surface area contributed by atoms with Crippen LogP contribution in [-0.2, 0) is 0 Å². The third-order valence-corrected chi connectivity index (χ3v) is 3.17. The average molecular weight is 240 g/mol. The molecule has 0 aliphatic rings. The number of nitrogen functional groups attached to an aromatic ring is 1. The third-order valence-electron chi connectivity index (χ3n) is 3.17. The van der Waals surface area contributed by atoms with Crippen molar-refractivity contribution in [1.82, 2.24) is 9.78 Å². The first-order chi connectivity index (χ1) is 7.84. The van der Waals surface area contributed by atoms with Crippen LogP contribution in [0.3, 0.4) is 0 Å². The van der Waals surface area contributed by atoms with Crippen molar-refractivity contribution >= 4 is 11.5 Å². The van der Waals surface area contributed by atoms with E-state index in [0.29, 0.717) is 5.69 Å². The summed E-state index contributed by atoms with van der Waals surface area (Å²) in [7, 11) is 0. The van der Waals surface area contributed by atoms with Gasteiger partial charge in [-0.25, -0.2) is 4.68 Å². The summed E-state index contributed by atoms with van der Waals surface area (Å²) in [6.45, 7) is 10.1. The molecule has 1 aromatic heterocycles. The second-order valence-corrected chi connectivity index (χ2v) is 5.08. The van der Waals surface area contributed by atoms with E-state index in [0.717, 1.165) is 17.9 Å². The maximum Gasteiger partial charge on any atom is 0.148 e. The predicted molar refractivity (Wildman–Crippen MR) is 71.2 cm³/mol. The number of hydrogen-bond acceptors (Lipinski definition) is 4. The highest BCUT2D eigenvalue weighted by Gasteiger charge is 2.25. The Labute approximate surface area is 103 Å². The van der Waals surface area contributed by atoms with Gasteiger partial charge in [0.25, 0.3) is 0 Å². The summed E-state index contributed by atoms with van der Waals surface area (Å²) in [6.07, 6.45) is 0.811. The SMILES string of the molecule is CCC(C)(CO)Nc1c(N)c(C)nn1C(C)C. The van der Waals surface area contributed by atoms with E-state index in [1.54, 1.807) is 0 Å². The van der Waals surface area contributed by atoms with E-state index in [2.05, 4.69) is 24.3 Å². The van der Waals surface area contributed by atoms with Crippen LogP contribution in [0, 0.1) is 6.92 Å². The minimum Gasteiger partial charge on any atom is -0.394 e. The number of aromatic nitrogens is 2. The molecule has 0 bridgehead atoms. The molecule has 1 aromatic rings. The summed E-state index contributed by atoms with van der Waals surface area (Å²) in [4.78, 5) is 0. The average Bonchev–Trinajstić information content (AvgIpc) is 2.57. The molecule has 98 valence electrons. The van der Waals surface area contributed by atoms with Gasteiger partial charge in [-0.15, -0.1) is 0 Å². The van der Waals surface area contributed by atoms with Crippen molar-refractivity contribution in [3.8, 4) is 0 Å². The van der Waals surface area contributed by atoms with E-state index < -0.39 is 0 Å². The van der Waals surface area contributed by atoms with Crippen molar-refractivity contribution in [2.24, 2.45) is 0 Å². The Hall–Kier alpha value is -1.23. The number of aliphatic hydroxyl groups excluding tert-OH is 1. The first-order valence-electron chi connectivity index (χ1n) is 6.08. The molecule has 0 aliphatic carbocycles. The third kappa shape index (κ3) is 2.72. The molecule has 0 saturated heterocycles. The second kappa shape index (κ2) is 4.96. The van der Waals surface area contributed by atoms with E-state index in [1.807, 2.05) is 25.5 Å². The summed E-state index contributed by atoms with van der Waals surface area (Å²) in [5, 5.41) is 17.2. The molecule has 1 unspecified atom stereocenters. The maximum atomic E-state index is 9.44. The lowest BCUT2D eigenvalue weighted by molar-refractivity contribution is 0.218. The van der Waals surface area contributed by atoms with Crippen LogP contribution in [0.5, 0.6) is 0 Å². The maximum absolute atomic E-state index is 9.44. The predicted octanol–water partition coefficient (Wildman–Crippen LogP) is 1.93. The molecule has 0 amide bonds. The fourth-order valence-electron chi connectivity index (χ4n) is 1.58. The molecule has 0 aliphatic heterocycles. The Kier molecular flexibility index (Phi) is 4.03. The summed E-state index contributed by atoms with van der Waals surface area (Å²) in [5.74, 6) is 0.802. The van der Waals surface area contributed by atoms with Crippen LogP contribution in [0.25, 0.3) is 0 Å². The van der Waals surface area contributed by atoms with Gasteiger partial charge in [0.2, 0.25) is 0 Å². The number of aryl methyl sites for hydroxylation is 1. The Morgan fingerprint density at radius 1 is 1.53 bits per heavy atom. The van der Waals surface area contributed by atoms with Gasteiger partial charge in [0.15, 0.2) is 0 Å². The van der Waals surface area contributed by atoms with Gasteiger partial charge in [-0.1, -0.05) is 6.92 Å². The molecule has 0 spiro atoms. The summed E-state index contributed by atoms with van der Waals surface area (Å²) >= 11 is 0. The van der Waals surface area contributed by atoms with Gasteiger partial charge in [-0.2, -0.15) is 5.10 Å². The first-order valence-corrected chi connectivity index (χ1v) is 6.08. The zero-order valence-electron chi connectivity index (χ0n) is 11.4. The van der Waals surface area contributed by atoms with E-state index in [1.165, 1.54) is 0 Å². The van der Waals surface area contributed by atoms with Gasteiger partial charge in [-0.3, -0.25) is 0 Å². The van der Waals surface area contributed by atoms with Crippen LogP contribution >= 0.6 is 0 Å². The number of nitrogens with two attached hydrogens (primary N) is 1. The van der Waals surface area contributed by atoms with Crippen LogP contribution in [0.1, 0.15) is 45.9 Å². The number of aliphatic hydroxyl groups is 1. The van der Waals surface area contributed by atoms with Crippen LogP contribution in [0.15, 0.2) is 0 Å². The van der Waals surface area contributed by atoms with E-state index >= 15 is 0 Å². The second-order valence-electron chi connectivity index (χ2n) is 5.08. The Morgan fingerprint density at radius 2 is 2.12 bits per heavy atom. The Bertz CT molecular complexity index is 380. The lowest BCUT2D eigenvalue weighted by Gasteiger charge is -2.29. The molecule has 0 saturated carbocycles. The monoisotopic (exact) mass is 240 g/mol. The summed E-state index contributed by atoms with van der Waals surface area (Å²) in [5.41, 5.74) is 7.14. The van der Waals surface area contributed by atoms with Crippen molar-refractivity contribution in [2.75, 3.05) is 17.7 Å². The topological polar surface area (TPSA) is 76.1 Å². The lowest BCUT2D eigenvalue weighted by atomic mass is 10.0. The van der Waals surface area contributed by atoms with Crippen molar-refractivity contribution in [3.05, 3.63) is 5.69 Å². The van der Waals surface area contributed by atoms with E-state index in [4.69, 9.17) is 5.73 Å². The standard InChI is InChI=1S/C12H24N4O/c1-6-12(5,7-17)14-11-10(13)9(4)15-16(11)8(2)3/h8,14,17H,6-7,13H2,1-5H3. The van der Waals surface area contributed by atoms with Gasteiger partial charge in [0.05, 0.1) is 23.5 Å². The van der Waals surface area contributed by atoms with Gasteiger partial charge >= 0.3 is 0 Å². The van der Waals surface area contributed by atoms with Crippen LogP contribution in [0.2, 0.25) is 0 Å². The number of nitrogens with one attached hydrogen (secondary N) is 1. The molecular formula is C12H24N4O. The Morgan fingerprint density at radius 3 is 2.53 bits per heavy atom.